The summed E-state index contributed by atoms with van der Waals surface area (Å²) in [4.78, 5) is 11.7. The van der Waals surface area contributed by atoms with Crippen LogP contribution in [0.15, 0.2) is 0 Å². The first-order chi connectivity index (χ1) is 6.75. The van der Waals surface area contributed by atoms with Crippen LogP contribution in [0.4, 0.5) is 0 Å². The summed E-state index contributed by atoms with van der Waals surface area (Å²) >= 11 is 0. The Kier molecular flexibility index (Phi) is 4.35. The first-order valence-corrected chi connectivity index (χ1v) is 5.34. The minimum Gasteiger partial charge on any atom is -0.396 e. The van der Waals surface area contributed by atoms with Crippen molar-refractivity contribution in [2.75, 3.05) is 19.7 Å². The summed E-state index contributed by atoms with van der Waals surface area (Å²) in [6.07, 6.45) is 4.55. The van der Waals surface area contributed by atoms with E-state index in [1.807, 2.05) is 0 Å². The second-order valence-corrected chi connectivity index (χ2v) is 4.02. The van der Waals surface area contributed by atoms with E-state index in [9.17, 15) is 4.79 Å². The molecule has 0 unspecified atom stereocenters. The molecule has 4 heteroatoms. The van der Waals surface area contributed by atoms with Gasteiger partial charge in [0, 0.05) is 19.7 Å². The van der Waals surface area contributed by atoms with Gasteiger partial charge in [-0.2, -0.15) is 0 Å². The Morgan fingerprint density at radius 1 is 1.43 bits per heavy atom. The predicted octanol–water partition coefficient (Wildman–Crippen LogP) is 0.00410. The Labute approximate surface area is 84.9 Å². The Bertz CT molecular complexity index is 185. The second kappa shape index (κ2) is 5.32. The summed E-state index contributed by atoms with van der Waals surface area (Å²) in [7, 11) is 0. The monoisotopic (exact) mass is 200 g/mol. The molecule has 0 aromatic rings. The highest BCUT2D eigenvalue weighted by Gasteiger charge is 2.42. The van der Waals surface area contributed by atoms with E-state index >= 15 is 0 Å². The van der Waals surface area contributed by atoms with Gasteiger partial charge >= 0.3 is 0 Å². The Morgan fingerprint density at radius 2 is 2.14 bits per heavy atom. The topological polar surface area (TPSA) is 75.4 Å². The number of unbranched alkanes of at least 4 members (excludes halogenated alkanes) is 1. The standard InChI is InChI=1S/C10H20N2O2/c11-8-10(4-3-5-10)9(14)12-6-1-2-7-13/h13H,1-8,11H2,(H,12,14). The van der Waals surface area contributed by atoms with Crippen LogP contribution >= 0.6 is 0 Å². The predicted molar refractivity (Wildman–Crippen MR) is 54.7 cm³/mol. The van der Waals surface area contributed by atoms with Crippen molar-refractivity contribution in [1.82, 2.24) is 5.32 Å². The number of carbonyl (C=O) groups excluding carboxylic acids is 1. The molecule has 0 spiro atoms. The summed E-state index contributed by atoms with van der Waals surface area (Å²) in [5.41, 5.74) is 5.33. The number of nitrogens with one attached hydrogen (secondary N) is 1. The fourth-order valence-electron chi connectivity index (χ4n) is 1.75. The summed E-state index contributed by atoms with van der Waals surface area (Å²) in [6.45, 7) is 1.30. The third-order valence-electron chi connectivity index (χ3n) is 3.05. The highest BCUT2D eigenvalue weighted by Crippen LogP contribution is 2.39. The van der Waals surface area contributed by atoms with Gasteiger partial charge in [-0.1, -0.05) is 6.42 Å². The van der Waals surface area contributed by atoms with E-state index in [4.69, 9.17) is 10.8 Å². The molecule has 0 bridgehead atoms. The van der Waals surface area contributed by atoms with E-state index in [0.29, 0.717) is 13.1 Å². The zero-order valence-corrected chi connectivity index (χ0v) is 8.59. The molecular weight excluding hydrogens is 180 g/mol. The number of carbonyl (C=O) groups is 1. The number of amides is 1. The van der Waals surface area contributed by atoms with Gasteiger partial charge < -0.3 is 16.2 Å². The van der Waals surface area contributed by atoms with Crippen LogP contribution in [-0.4, -0.2) is 30.7 Å². The summed E-state index contributed by atoms with van der Waals surface area (Å²) in [5.74, 6) is 0.101. The molecule has 4 N–H and O–H groups in total. The number of hydrogen-bond donors (Lipinski definition) is 3. The molecule has 14 heavy (non-hydrogen) atoms. The van der Waals surface area contributed by atoms with E-state index in [-0.39, 0.29) is 17.9 Å². The SMILES string of the molecule is NCC1(C(=O)NCCCCO)CCC1. The zero-order valence-electron chi connectivity index (χ0n) is 8.59. The molecule has 1 aliphatic carbocycles. The van der Waals surface area contributed by atoms with Crippen molar-refractivity contribution in [1.29, 1.82) is 0 Å². The van der Waals surface area contributed by atoms with Crippen LogP contribution in [0.3, 0.4) is 0 Å². The highest BCUT2D eigenvalue weighted by molar-refractivity contribution is 5.83. The maximum Gasteiger partial charge on any atom is 0.227 e. The number of nitrogens with two attached hydrogens (primary N) is 1. The zero-order chi connectivity index (χ0) is 10.4. The Balaban J connectivity index is 2.20. The molecule has 82 valence electrons. The van der Waals surface area contributed by atoms with Crippen LogP contribution < -0.4 is 11.1 Å². The molecule has 1 aliphatic rings. The second-order valence-electron chi connectivity index (χ2n) is 4.02. The van der Waals surface area contributed by atoms with Crippen molar-refractivity contribution in [2.24, 2.45) is 11.1 Å². The average Bonchev–Trinajstić information content (AvgIpc) is 2.12. The molecule has 1 fully saturated rings. The molecule has 0 heterocycles. The number of aliphatic hydroxyl groups is 1. The van der Waals surface area contributed by atoms with Gasteiger partial charge in [-0.3, -0.25) is 4.79 Å². The highest BCUT2D eigenvalue weighted by atomic mass is 16.2. The lowest BCUT2D eigenvalue weighted by Gasteiger charge is -2.39. The maximum absolute atomic E-state index is 11.7. The molecular formula is C10H20N2O2. The fraction of sp³-hybridized carbons (Fsp3) is 0.900. The summed E-state index contributed by atoms with van der Waals surface area (Å²) < 4.78 is 0. The van der Waals surface area contributed by atoms with E-state index in [1.54, 1.807) is 0 Å². The molecule has 0 saturated heterocycles. The lowest BCUT2D eigenvalue weighted by molar-refractivity contribution is -0.135. The van der Waals surface area contributed by atoms with Crippen LogP contribution in [0.2, 0.25) is 0 Å². The van der Waals surface area contributed by atoms with Gasteiger partial charge in [0.25, 0.3) is 0 Å². The quantitative estimate of drug-likeness (QED) is 0.528. The van der Waals surface area contributed by atoms with Crippen molar-refractivity contribution in [3.05, 3.63) is 0 Å². The van der Waals surface area contributed by atoms with Crippen molar-refractivity contribution >= 4 is 5.91 Å². The molecule has 0 aliphatic heterocycles. The maximum atomic E-state index is 11.7. The smallest absolute Gasteiger partial charge is 0.227 e. The first-order valence-electron chi connectivity index (χ1n) is 5.34. The van der Waals surface area contributed by atoms with Crippen molar-refractivity contribution in [3.8, 4) is 0 Å². The van der Waals surface area contributed by atoms with Gasteiger partial charge in [-0.05, 0) is 25.7 Å². The Morgan fingerprint density at radius 3 is 2.57 bits per heavy atom. The lowest BCUT2D eigenvalue weighted by atomic mass is 9.68. The van der Waals surface area contributed by atoms with Crippen LogP contribution in [0.5, 0.6) is 0 Å². The normalized spacial score (nSPS) is 18.7. The third kappa shape index (κ3) is 2.45. The van der Waals surface area contributed by atoms with Crippen LogP contribution in [0.25, 0.3) is 0 Å². The van der Waals surface area contributed by atoms with Crippen molar-refractivity contribution < 1.29 is 9.90 Å². The number of rotatable bonds is 6. The van der Waals surface area contributed by atoms with Gasteiger partial charge in [0.2, 0.25) is 5.91 Å². The first kappa shape index (κ1) is 11.5. The van der Waals surface area contributed by atoms with Gasteiger partial charge in [-0.15, -0.1) is 0 Å². The van der Waals surface area contributed by atoms with Gasteiger partial charge in [0.15, 0.2) is 0 Å². The molecule has 0 atom stereocenters. The molecule has 1 saturated carbocycles. The third-order valence-corrected chi connectivity index (χ3v) is 3.05. The van der Waals surface area contributed by atoms with Crippen LogP contribution in [-0.2, 0) is 4.79 Å². The molecule has 0 radical (unpaired) electrons. The minimum atomic E-state index is -0.265. The molecule has 4 nitrogen and oxygen atoms in total. The molecule has 1 amide bonds. The number of aliphatic hydroxyl groups excluding tert-OH is 1. The summed E-state index contributed by atoms with van der Waals surface area (Å²) in [6, 6.07) is 0. The number of hydrogen-bond acceptors (Lipinski definition) is 3. The molecule has 1 rings (SSSR count). The van der Waals surface area contributed by atoms with Crippen molar-refractivity contribution in [2.45, 2.75) is 32.1 Å². The van der Waals surface area contributed by atoms with E-state index in [0.717, 1.165) is 32.1 Å². The fourth-order valence-corrected chi connectivity index (χ4v) is 1.75. The van der Waals surface area contributed by atoms with Crippen LogP contribution in [0.1, 0.15) is 32.1 Å². The van der Waals surface area contributed by atoms with E-state index in [1.165, 1.54) is 0 Å². The van der Waals surface area contributed by atoms with Gasteiger partial charge in [0.05, 0.1) is 5.41 Å². The Hall–Kier alpha value is -0.610. The van der Waals surface area contributed by atoms with E-state index in [2.05, 4.69) is 5.32 Å². The lowest BCUT2D eigenvalue weighted by Crippen LogP contribution is -2.50. The van der Waals surface area contributed by atoms with Crippen LogP contribution in [0, 0.1) is 5.41 Å². The molecule has 0 aromatic carbocycles. The summed E-state index contributed by atoms with van der Waals surface area (Å²) in [5, 5.41) is 11.4. The van der Waals surface area contributed by atoms with E-state index < -0.39 is 0 Å². The van der Waals surface area contributed by atoms with Gasteiger partial charge in [0.1, 0.15) is 0 Å². The molecule has 0 aromatic heterocycles. The van der Waals surface area contributed by atoms with Crippen molar-refractivity contribution in [3.63, 3.8) is 0 Å². The largest absolute Gasteiger partial charge is 0.396 e. The van der Waals surface area contributed by atoms with Gasteiger partial charge in [-0.25, -0.2) is 0 Å². The average molecular weight is 200 g/mol. The minimum absolute atomic E-state index is 0.101.